The molecule has 287 valence electrons. The van der Waals surface area contributed by atoms with Crippen LogP contribution in [0.15, 0.2) is 71.8 Å². The lowest BCUT2D eigenvalue weighted by Gasteiger charge is -2.67. The quantitative estimate of drug-likeness (QED) is 0.0758. The predicted octanol–water partition coefficient (Wildman–Crippen LogP) is 1.13. The van der Waals surface area contributed by atoms with Gasteiger partial charge in [0.2, 0.25) is 0 Å². The van der Waals surface area contributed by atoms with E-state index in [1.165, 1.54) is 26.0 Å². The van der Waals surface area contributed by atoms with Crippen LogP contribution < -0.4 is 5.23 Å². The number of aliphatic hydroxyl groups is 4. The van der Waals surface area contributed by atoms with E-state index in [-0.39, 0.29) is 29.7 Å². The number of carbonyl (C=O) groups is 5. The number of benzene rings is 2. The van der Waals surface area contributed by atoms with Gasteiger partial charge in [-0.05, 0) is 42.7 Å². The van der Waals surface area contributed by atoms with Crippen molar-refractivity contribution in [2.24, 2.45) is 16.7 Å². The molecule has 0 spiro atoms. The second kappa shape index (κ2) is 14.4. The fraction of sp³-hybridized carbons (Fsp3) is 0.513. The highest BCUT2D eigenvalue weighted by atomic mass is 16.6. The molecule has 3 aliphatic carbocycles. The molecular weight excluding hydrogens is 701 g/mol. The number of ether oxygens (including phenoxy) is 4. The summed E-state index contributed by atoms with van der Waals surface area (Å²) in [5.74, 6) is -5.23. The maximum Gasteiger partial charge on any atom is 0.338 e. The lowest BCUT2D eigenvalue weighted by atomic mass is 9.44. The predicted molar refractivity (Wildman–Crippen MR) is 190 cm³/mol. The molecular formula is C39H45BNO13. The van der Waals surface area contributed by atoms with E-state index in [1.54, 1.807) is 62.4 Å². The number of esters is 3. The van der Waals surface area contributed by atoms with E-state index < -0.39 is 101 Å². The Hall–Kier alpha value is -4.25. The van der Waals surface area contributed by atoms with Crippen LogP contribution in [0.25, 0.3) is 0 Å². The smallest absolute Gasteiger partial charge is 0.338 e. The van der Waals surface area contributed by atoms with Crippen LogP contribution in [0.2, 0.25) is 0 Å². The van der Waals surface area contributed by atoms with Crippen LogP contribution in [-0.2, 0) is 38.1 Å². The summed E-state index contributed by atoms with van der Waals surface area (Å²) in [5, 5.41) is 51.2. The van der Waals surface area contributed by atoms with Crippen molar-refractivity contribution in [2.75, 3.05) is 6.61 Å². The third kappa shape index (κ3) is 6.11. The molecule has 2 unspecified atom stereocenters. The lowest BCUT2D eigenvalue weighted by molar-refractivity contribution is -0.346. The van der Waals surface area contributed by atoms with Crippen molar-refractivity contribution in [3.63, 3.8) is 0 Å². The van der Waals surface area contributed by atoms with Gasteiger partial charge in [0.25, 0.3) is 7.41 Å². The number of rotatable bonds is 10. The molecule has 2 aromatic rings. The first-order valence-electron chi connectivity index (χ1n) is 17.8. The van der Waals surface area contributed by atoms with Gasteiger partial charge in [-0.3, -0.25) is 9.59 Å². The summed E-state index contributed by atoms with van der Waals surface area (Å²) in [6.07, 6.45) is -9.77. The van der Waals surface area contributed by atoms with Gasteiger partial charge in [0, 0.05) is 25.2 Å². The molecule has 1 saturated heterocycles. The van der Waals surface area contributed by atoms with Crippen LogP contribution in [0.4, 0.5) is 0 Å². The Kier molecular flexibility index (Phi) is 10.5. The number of nitrogens with one attached hydrogen (secondary N) is 1. The molecule has 3 fully saturated rings. The lowest BCUT2D eigenvalue weighted by Crippen LogP contribution is -2.81. The molecule has 6 rings (SSSR count). The first-order valence-corrected chi connectivity index (χ1v) is 17.8. The minimum atomic E-state index is -2.32. The molecule has 2 bridgehead atoms. The summed E-state index contributed by atoms with van der Waals surface area (Å²) in [7, 11) is 1.02. The van der Waals surface area contributed by atoms with Gasteiger partial charge in [0.05, 0.1) is 41.8 Å². The Morgan fingerprint density at radius 1 is 1.02 bits per heavy atom. The van der Waals surface area contributed by atoms with E-state index in [4.69, 9.17) is 18.9 Å². The van der Waals surface area contributed by atoms with E-state index in [0.717, 1.165) is 14.3 Å². The Morgan fingerprint density at radius 2 is 1.65 bits per heavy atom. The SMILES string of the molecule is CC(=O)O[C@@]12CO[C@@H]1C[C@H](O)[C@@]1(C)C(=O)[C@H](O)C3=C(C)[C@@H](OC(=O)[C@H](O)[C@@H](N[B]C=O)c4ccccc4)C[C@@](O)(C(OC(=O)c4ccccc4)C12)C3(C)C. The third-order valence-electron chi connectivity index (χ3n) is 12.2. The van der Waals surface area contributed by atoms with Gasteiger partial charge in [-0.25, -0.2) is 9.59 Å². The van der Waals surface area contributed by atoms with E-state index in [1.807, 2.05) is 0 Å². The summed E-state index contributed by atoms with van der Waals surface area (Å²) >= 11 is 0. The summed E-state index contributed by atoms with van der Waals surface area (Å²) in [4.78, 5) is 66.7. The fourth-order valence-electron chi connectivity index (χ4n) is 9.29. The van der Waals surface area contributed by atoms with Crippen LogP contribution in [0, 0.1) is 16.7 Å². The number of fused-ring (bicyclic) bond motifs is 5. The highest BCUT2D eigenvalue weighted by molar-refractivity contribution is 6.64. The molecule has 1 aliphatic heterocycles. The van der Waals surface area contributed by atoms with Gasteiger partial charge in [-0.1, -0.05) is 62.4 Å². The molecule has 2 saturated carbocycles. The third-order valence-corrected chi connectivity index (χ3v) is 12.2. The van der Waals surface area contributed by atoms with E-state index in [2.05, 4.69) is 5.23 Å². The molecule has 15 heteroatoms. The second-order valence-electron chi connectivity index (χ2n) is 15.4. The Bertz CT molecular complexity index is 1840. The number of aliphatic hydroxyl groups excluding tert-OH is 3. The normalized spacial score (nSPS) is 35.0. The zero-order valence-electron chi connectivity index (χ0n) is 30.6. The molecule has 54 heavy (non-hydrogen) atoms. The number of hydrogen-bond acceptors (Lipinski definition) is 14. The minimum Gasteiger partial charge on any atom is -0.456 e. The summed E-state index contributed by atoms with van der Waals surface area (Å²) in [6, 6.07) is 15.1. The van der Waals surface area contributed by atoms with Crippen LogP contribution in [0.5, 0.6) is 0 Å². The summed E-state index contributed by atoms with van der Waals surface area (Å²) in [6.45, 7) is 6.90. The van der Waals surface area contributed by atoms with Crippen molar-refractivity contribution in [3.8, 4) is 0 Å². The van der Waals surface area contributed by atoms with Crippen molar-refractivity contribution in [1.29, 1.82) is 0 Å². The topological polar surface area (TPSA) is 215 Å². The molecule has 2 aromatic carbocycles. The maximum atomic E-state index is 14.9. The van der Waals surface area contributed by atoms with E-state index in [0.29, 0.717) is 11.7 Å². The fourth-order valence-corrected chi connectivity index (χ4v) is 9.29. The first kappa shape index (κ1) is 39.4. The first-order chi connectivity index (χ1) is 25.5. The van der Waals surface area contributed by atoms with Gasteiger partial charge >= 0.3 is 17.9 Å². The van der Waals surface area contributed by atoms with Gasteiger partial charge in [0.15, 0.2) is 17.5 Å². The van der Waals surface area contributed by atoms with Gasteiger partial charge in [0.1, 0.15) is 30.0 Å². The van der Waals surface area contributed by atoms with Crippen LogP contribution in [-0.4, -0.2) is 112 Å². The number of carbonyl (C=O) groups excluding carboxylic acids is 5. The van der Waals surface area contributed by atoms with Crippen LogP contribution >= 0.6 is 0 Å². The number of ketones is 1. The van der Waals surface area contributed by atoms with E-state index >= 15 is 0 Å². The Morgan fingerprint density at radius 3 is 2.22 bits per heavy atom. The zero-order chi connectivity index (χ0) is 39.4. The highest BCUT2D eigenvalue weighted by Gasteiger charge is 2.78. The minimum absolute atomic E-state index is 0.0401. The van der Waals surface area contributed by atoms with Gasteiger partial charge in [-0.15, -0.1) is 0 Å². The monoisotopic (exact) mass is 746 g/mol. The number of hydrogen-bond donors (Lipinski definition) is 5. The standard InChI is InChI=1S/C39H45BNO13/c1-20-24(52-35(49)30(46)28(41-40-19-42)22-12-8-6-9-13-22)17-39(50)33(53-34(48)23-14-10-7-11-15-23)31-37(5,32(47)29(45)27(20)36(39,3)4)25(44)16-26-38(31,18-51-26)54-21(2)43/h6-15,19,24-26,28-31,33,41,44-46,50H,16-18H2,1-5H3/t24-,25-,26+,28-,29+,30+,31?,33?,37+,38-,39+/m0/s1. The van der Waals surface area contributed by atoms with Crippen LogP contribution in [0.3, 0.4) is 0 Å². The Labute approximate surface area is 313 Å². The highest BCUT2D eigenvalue weighted by Crippen LogP contribution is 2.64. The zero-order valence-corrected chi connectivity index (χ0v) is 30.6. The Balaban J connectivity index is 1.51. The average Bonchev–Trinajstić information content (AvgIpc) is 3.13. The van der Waals surface area contributed by atoms with Crippen molar-refractivity contribution >= 4 is 37.3 Å². The molecule has 4 aliphatic rings. The molecule has 11 atom stereocenters. The number of Topliss-reactive ketones (excluding diaryl/α,β-unsaturated/α-hetero) is 1. The van der Waals surface area contributed by atoms with Crippen molar-refractivity contribution < 1.29 is 63.3 Å². The van der Waals surface area contributed by atoms with Crippen molar-refractivity contribution in [2.45, 2.75) is 101 Å². The van der Waals surface area contributed by atoms with Crippen molar-refractivity contribution in [1.82, 2.24) is 5.23 Å². The molecule has 5 N–H and O–H groups in total. The molecule has 1 radical (unpaired) electrons. The van der Waals surface area contributed by atoms with Gasteiger partial charge in [-0.2, -0.15) is 0 Å². The summed E-state index contributed by atoms with van der Waals surface area (Å²) < 4.78 is 24.0. The van der Waals surface area contributed by atoms with E-state index in [9.17, 15) is 44.4 Å². The average molecular weight is 747 g/mol. The van der Waals surface area contributed by atoms with Crippen LogP contribution in [0.1, 0.15) is 69.4 Å². The molecule has 0 aromatic heterocycles. The molecule has 1 heterocycles. The van der Waals surface area contributed by atoms with Crippen molar-refractivity contribution in [3.05, 3.63) is 82.9 Å². The second-order valence-corrected chi connectivity index (χ2v) is 15.4. The molecule has 14 nitrogen and oxygen atoms in total. The maximum absolute atomic E-state index is 14.9. The molecule has 0 amide bonds. The summed E-state index contributed by atoms with van der Waals surface area (Å²) in [5.41, 5.74) is -6.93. The van der Waals surface area contributed by atoms with Gasteiger partial charge < -0.3 is 49.4 Å². The largest absolute Gasteiger partial charge is 0.456 e.